The maximum atomic E-state index is 13.4. The monoisotopic (exact) mass is 239 g/mol. The van der Waals surface area contributed by atoms with Gasteiger partial charge < -0.3 is 5.73 Å². The molecule has 0 spiro atoms. The summed E-state index contributed by atoms with van der Waals surface area (Å²) in [6.45, 7) is 0. The lowest BCUT2D eigenvalue weighted by atomic mass is 9.83. The highest BCUT2D eigenvalue weighted by Gasteiger charge is 2.30. The largest absolute Gasteiger partial charge is 0.325 e. The second kappa shape index (κ2) is 5.23. The molecule has 4 nitrogen and oxygen atoms in total. The molecule has 0 heterocycles. The molecule has 15 heavy (non-hydrogen) atoms. The van der Waals surface area contributed by atoms with Crippen molar-refractivity contribution in [3.05, 3.63) is 0 Å². The molecule has 0 aromatic heterocycles. The normalized spacial score (nSPS) is 23.7. The summed E-state index contributed by atoms with van der Waals surface area (Å²) < 4.78 is 42.9. The fourth-order valence-corrected chi connectivity index (χ4v) is 2.75. The van der Waals surface area contributed by atoms with Gasteiger partial charge in [-0.25, -0.2) is 4.39 Å². The maximum Gasteiger partial charge on any atom is 0.267 e. The van der Waals surface area contributed by atoms with Crippen molar-refractivity contribution in [2.75, 3.05) is 5.75 Å². The van der Waals surface area contributed by atoms with Gasteiger partial charge in [-0.1, -0.05) is 19.3 Å². The molecule has 0 unspecified atom stereocenters. The van der Waals surface area contributed by atoms with E-state index in [9.17, 15) is 12.8 Å². The van der Waals surface area contributed by atoms with Gasteiger partial charge in [0.2, 0.25) is 0 Å². The van der Waals surface area contributed by atoms with Crippen LogP contribution in [0.3, 0.4) is 0 Å². The van der Waals surface area contributed by atoms with Gasteiger partial charge >= 0.3 is 0 Å². The lowest BCUT2D eigenvalue weighted by Gasteiger charge is -2.29. The van der Waals surface area contributed by atoms with Gasteiger partial charge in [0.05, 0.1) is 0 Å². The SMILES string of the molecule is N[C@@H](C1CCCCC1)[C@H](F)CS(=O)(=O)O. The van der Waals surface area contributed by atoms with Gasteiger partial charge in [-0.3, -0.25) is 4.55 Å². The summed E-state index contributed by atoms with van der Waals surface area (Å²) in [7, 11) is -4.26. The summed E-state index contributed by atoms with van der Waals surface area (Å²) in [5.41, 5.74) is 5.65. The molecule has 6 heteroatoms. The highest BCUT2D eigenvalue weighted by molar-refractivity contribution is 7.85. The van der Waals surface area contributed by atoms with E-state index in [1.165, 1.54) is 0 Å². The van der Waals surface area contributed by atoms with E-state index in [2.05, 4.69) is 0 Å². The molecule has 1 saturated carbocycles. The van der Waals surface area contributed by atoms with E-state index >= 15 is 0 Å². The Balaban J connectivity index is 2.47. The molecule has 0 aromatic carbocycles. The van der Waals surface area contributed by atoms with Crippen LogP contribution in [0.25, 0.3) is 0 Å². The lowest BCUT2D eigenvalue weighted by Crippen LogP contribution is -2.43. The molecule has 0 aliphatic heterocycles. The predicted octanol–water partition coefficient (Wildman–Crippen LogP) is 1.12. The number of halogens is 1. The first-order valence-electron chi connectivity index (χ1n) is 5.25. The molecule has 1 fully saturated rings. The predicted molar refractivity (Wildman–Crippen MR) is 55.9 cm³/mol. The highest BCUT2D eigenvalue weighted by Crippen LogP contribution is 2.27. The third kappa shape index (κ3) is 4.44. The van der Waals surface area contributed by atoms with Gasteiger partial charge in [0.25, 0.3) is 10.1 Å². The van der Waals surface area contributed by atoms with E-state index in [1.54, 1.807) is 0 Å². The van der Waals surface area contributed by atoms with Crippen molar-refractivity contribution in [3.63, 3.8) is 0 Å². The van der Waals surface area contributed by atoms with Gasteiger partial charge in [-0.15, -0.1) is 0 Å². The zero-order chi connectivity index (χ0) is 11.5. The van der Waals surface area contributed by atoms with Crippen LogP contribution in [0.5, 0.6) is 0 Å². The molecule has 0 amide bonds. The van der Waals surface area contributed by atoms with E-state index in [0.29, 0.717) is 0 Å². The summed E-state index contributed by atoms with van der Waals surface area (Å²) in [4.78, 5) is 0. The minimum atomic E-state index is -4.26. The van der Waals surface area contributed by atoms with Crippen LogP contribution in [0.2, 0.25) is 0 Å². The Bertz CT molecular complexity index is 288. The van der Waals surface area contributed by atoms with Crippen molar-refractivity contribution >= 4 is 10.1 Å². The third-order valence-corrected chi connectivity index (χ3v) is 3.72. The minimum absolute atomic E-state index is 0.0514. The van der Waals surface area contributed by atoms with Crippen molar-refractivity contribution < 1.29 is 17.4 Å². The Morgan fingerprint density at radius 3 is 2.33 bits per heavy atom. The Kier molecular flexibility index (Phi) is 4.48. The van der Waals surface area contributed by atoms with Crippen LogP contribution in [0, 0.1) is 5.92 Å². The zero-order valence-corrected chi connectivity index (χ0v) is 9.42. The quantitative estimate of drug-likeness (QED) is 0.720. The van der Waals surface area contributed by atoms with Crippen LogP contribution in [0.1, 0.15) is 32.1 Å². The van der Waals surface area contributed by atoms with E-state index in [-0.39, 0.29) is 5.92 Å². The molecule has 1 rings (SSSR count). The van der Waals surface area contributed by atoms with Crippen LogP contribution in [-0.4, -0.2) is 30.9 Å². The van der Waals surface area contributed by atoms with Crippen molar-refractivity contribution in [2.45, 2.75) is 44.3 Å². The third-order valence-electron chi connectivity index (χ3n) is 2.98. The fraction of sp³-hybridized carbons (Fsp3) is 1.00. The van der Waals surface area contributed by atoms with Gasteiger partial charge in [-0.05, 0) is 18.8 Å². The number of hydrogen-bond donors (Lipinski definition) is 2. The van der Waals surface area contributed by atoms with Crippen LogP contribution < -0.4 is 5.73 Å². The van der Waals surface area contributed by atoms with Crippen LogP contribution in [0.15, 0.2) is 0 Å². The average Bonchev–Trinajstić information content (AvgIpc) is 2.15. The smallest absolute Gasteiger partial charge is 0.267 e. The van der Waals surface area contributed by atoms with E-state index in [0.717, 1.165) is 32.1 Å². The highest BCUT2D eigenvalue weighted by atomic mass is 32.2. The Labute approximate surface area is 89.8 Å². The molecular formula is C9H18FNO3S. The molecular weight excluding hydrogens is 221 g/mol. The van der Waals surface area contributed by atoms with Crippen molar-refractivity contribution in [1.29, 1.82) is 0 Å². The van der Waals surface area contributed by atoms with E-state index in [4.69, 9.17) is 10.3 Å². The lowest BCUT2D eigenvalue weighted by molar-refractivity contribution is 0.206. The minimum Gasteiger partial charge on any atom is -0.325 e. The number of nitrogens with two attached hydrogens (primary N) is 1. The maximum absolute atomic E-state index is 13.4. The summed E-state index contributed by atoms with van der Waals surface area (Å²) in [5.74, 6) is -0.833. The van der Waals surface area contributed by atoms with Gasteiger partial charge in [-0.2, -0.15) is 8.42 Å². The first-order valence-corrected chi connectivity index (χ1v) is 6.86. The second-order valence-corrected chi connectivity index (χ2v) is 5.74. The first kappa shape index (κ1) is 12.9. The molecule has 1 aliphatic carbocycles. The molecule has 3 N–H and O–H groups in total. The summed E-state index contributed by atoms with van der Waals surface area (Å²) >= 11 is 0. The average molecular weight is 239 g/mol. The standard InChI is InChI=1S/C9H18FNO3S/c10-8(6-15(12,13)14)9(11)7-4-2-1-3-5-7/h7-9H,1-6,11H2,(H,12,13,14)/t8-,9+/m1/s1. The molecule has 0 aromatic rings. The topological polar surface area (TPSA) is 80.4 Å². The van der Waals surface area contributed by atoms with Gasteiger partial charge in [0.15, 0.2) is 0 Å². The summed E-state index contributed by atoms with van der Waals surface area (Å²) in [6.07, 6.45) is 3.23. The van der Waals surface area contributed by atoms with Crippen LogP contribution >= 0.6 is 0 Å². The van der Waals surface area contributed by atoms with Crippen molar-refractivity contribution in [3.8, 4) is 0 Å². The van der Waals surface area contributed by atoms with Crippen molar-refractivity contribution in [1.82, 2.24) is 0 Å². The molecule has 0 bridgehead atoms. The Morgan fingerprint density at radius 1 is 1.33 bits per heavy atom. The van der Waals surface area contributed by atoms with E-state index in [1.807, 2.05) is 0 Å². The fourth-order valence-electron chi connectivity index (χ4n) is 2.13. The van der Waals surface area contributed by atoms with Crippen LogP contribution in [-0.2, 0) is 10.1 Å². The molecule has 1 aliphatic rings. The summed E-state index contributed by atoms with van der Waals surface area (Å²) in [5, 5.41) is 0. The summed E-state index contributed by atoms with van der Waals surface area (Å²) in [6, 6.07) is -0.771. The van der Waals surface area contributed by atoms with Crippen molar-refractivity contribution in [2.24, 2.45) is 11.7 Å². The van der Waals surface area contributed by atoms with Gasteiger partial charge in [0, 0.05) is 6.04 Å². The molecule has 90 valence electrons. The Morgan fingerprint density at radius 2 is 1.87 bits per heavy atom. The van der Waals surface area contributed by atoms with Crippen LogP contribution in [0.4, 0.5) is 4.39 Å². The number of hydrogen-bond acceptors (Lipinski definition) is 3. The first-order chi connectivity index (χ1) is 6.90. The van der Waals surface area contributed by atoms with Gasteiger partial charge in [0.1, 0.15) is 11.9 Å². The molecule has 0 radical (unpaired) electrons. The number of alkyl halides is 1. The van der Waals surface area contributed by atoms with E-state index < -0.39 is 28.1 Å². The molecule has 2 atom stereocenters. The molecule has 0 saturated heterocycles. The second-order valence-electron chi connectivity index (χ2n) is 4.24. The Hall–Kier alpha value is -0.200. The number of rotatable bonds is 4. The zero-order valence-electron chi connectivity index (χ0n) is 8.60.